The molecule has 0 saturated carbocycles. The number of nitrogens with one attached hydrogen (secondary N) is 1. The zero-order valence-corrected chi connectivity index (χ0v) is 11.5. The molecule has 0 aliphatic rings. The molecule has 4 nitrogen and oxygen atoms in total. The topological polar surface area (TPSA) is 53.6 Å². The lowest BCUT2D eigenvalue weighted by Crippen LogP contribution is -2.15. The Morgan fingerprint density at radius 2 is 2.32 bits per heavy atom. The number of aromatic nitrogens is 2. The minimum atomic E-state index is 0.360. The van der Waals surface area contributed by atoms with Gasteiger partial charge in [0, 0.05) is 24.0 Å². The second kappa shape index (κ2) is 6.37. The number of hydrogen-bond donors (Lipinski definition) is 1. The van der Waals surface area contributed by atoms with Crippen molar-refractivity contribution in [3.63, 3.8) is 0 Å². The van der Waals surface area contributed by atoms with Crippen molar-refractivity contribution in [2.24, 2.45) is 0 Å². The lowest BCUT2D eigenvalue weighted by Gasteiger charge is -2.12. The lowest BCUT2D eigenvalue weighted by atomic mass is 10.1. The molecule has 0 spiro atoms. The smallest absolute Gasteiger partial charge is 0.217 e. The van der Waals surface area contributed by atoms with E-state index in [1.807, 2.05) is 18.2 Å². The summed E-state index contributed by atoms with van der Waals surface area (Å²) in [5.74, 6) is 0.360. The van der Waals surface area contributed by atoms with Gasteiger partial charge in [-0.3, -0.25) is 4.57 Å². The van der Waals surface area contributed by atoms with Crippen LogP contribution in [0, 0.1) is 11.3 Å². The Kier molecular flexibility index (Phi) is 4.56. The minimum absolute atomic E-state index is 0.360. The molecule has 1 aromatic heterocycles. The molecule has 0 atom stereocenters. The van der Waals surface area contributed by atoms with Crippen molar-refractivity contribution in [1.82, 2.24) is 14.9 Å². The van der Waals surface area contributed by atoms with Crippen LogP contribution in [0.4, 0.5) is 0 Å². The summed E-state index contributed by atoms with van der Waals surface area (Å²) in [4.78, 5) is 4.02. The van der Waals surface area contributed by atoms with E-state index in [0.717, 1.165) is 30.8 Å². The summed E-state index contributed by atoms with van der Waals surface area (Å²) >= 11 is 6.05. The van der Waals surface area contributed by atoms with Gasteiger partial charge in [-0.1, -0.05) is 24.6 Å². The summed E-state index contributed by atoms with van der Waals surface area (Å²) in [7, 11) is 0. The van der Waals surface area contributed by atoms with Crippen LogP contribution in [0.3, 0.4) is 0 Å². The van der Waals surface area contributed by atoms with Gasteiger partial charge in [0.2, 0.25) is 5.82 Å². The summed E-state index contributed by atoms with van der Waals surface area (Å²) in [6.45, 7) is 3.82. The fraction of sp³-hybridized carbons (Fsp3) is 0.286. The first-order valence-corrected chi connectivity index (χ1v) is 6.57. The van der Waals surface area contributed by atoms with Crippen LogP contribution in [-0.4, -0.2) is 16.1 Å². The van der Waals surface area contributed by atoms with E-state index >= 15 is 0 Å². The van der Waals surface area contributed by atoms with E-state index in [9.17, 15) is 0 Å². The fourth-order valence-electron chi connectivity index (χ4n) is 1.89. The molecule has 0 amide bonds. The van der Waals surface area contributed by atoms with Gasteiger partial charge < -0.3 is 5.32 Å². The number of nitrogens with zero attached hydrogens (tertiary/aromatic N) is 3. The van der Waals surface area contributed by atoms with Crippen LogP contribution < -0.4 is 5.32 Å². The maximum absolute atomic E-state index is 9.06. The molecule has 1 aromatic carbocycles. The number of benzene rings is 1. The minimum Gasteiger partial charge on any atom is -0.313 e. The normalized spacial score (nSPS) is 10.4. The van der Waals surface area contributed by atoms with Gasteiger partial charge in [0.05, 0.1) is 5.69 Å². The fourth-order valence-corrected chi connectivity index (χ4v) is 2.06. The Morgan fingerprint density at radius 1 is 1.47 bits per heavy atom. The third-order valence-corrected chi connectivity index (χ3v) is 3.02. The molecule has 2 rings (SSSR count). The molecule has 19 heavy (non-hydrogen) atoms. The average molecular weight is 275 g/mol. The van der Waals surface area contributed by atoms with Crippen molar-refractivity contribution in [2.45, 2.75) is 19.9 Å². The van der Waals surface area contributed by atoms with E-state index in [0.29, 0.717) is 10.8 Å². The lowest BCUT2D eigenvalue weighted by molar-refractivity contribution is 0.672. The van der Waals surface area contributed by atoms with Crippen molar-refractivity contribution < 1.29 is 0 Å². The number of halogens is 1. The van der Waals surface area contributed by atoms with Gasteiger partial charge in [0.15, 0.2) is 0 Å². The van der Waals surface area contributed by atoms with E-state index in [-0.39, 0.29) is 0 Å². The van der Waals surface area contributed by atoms with Crippen molar-refractivity contribution in [3.05, 3.63) is 47.0 Å². The number of rotatable bonds is 5. The molecule has 5 heteroatoms. The van der Waals surface area contributed by atoms with Gasteiger partial charge in [-0.15, -0.1) is 0 Å². The van der Waals surface area contributed by atoms with Crippen molar-refractivity contribution in [1.29, 1.82) is 5.26 Å². The van der Waals surface area contributed by atoms with Gasteiger partial charge in [-0.05, 0) is 30.7 Å². The summed E-state index contributed by atoms with van der Waals surface area (Å²) < 4.78 is 1.76. The summed E-state index contributed by atoms with van der Waals surface area (Å²) in [6.07, 6.45) is 4.47. The largest absolute Gasteiger partial charge is 0.313 e. The highest BCUT2D eigenvalue weighted by molar-refractivity contribution is 6.30. The van der Waals surface area contributed by atoms with Crippen molar-refractivity contribution in [2.75, 3.05) is 6.54 Å². The Morgan fingerprint density at radius 3 is 3.05 bits per heavy atom. The second-order valence-corrected chi connectivity index (χ2v) is 4.62. The highest BCUT2D eigenvalue weighted by Crippen LogP contribution is 2.21. The van der Waals surface area contributed by atoms with E-state index in [2.05, 4.69) is 23.3 Å². The predicted molar refractivity (Wildman–Crippen MR) is 75.3 cm³/mol. The monoisotopic (exact) mass is 274 g/mol. The maximum Gasteiger partial charge on any atom is 0.217 e. The van der Waals surface area contributed by atoms with E-state index in [1.165, 1.54) is 0 Å². The molecule has 0 fully saturated rings. The van der Waals surface area contributed by atoms with Crippen molar-refractivity contribution >= 4 is 11.6 Å². The molecule has 1 heterocycles. The average Bonchev–Trinajstić information content (AvgIpc) is 2.88. The molecule has 1 N–H and O–H groups in total. The summed E-state index contributed by atoms with van der Waals surface area (Å²) in [5.41, 5.74) is 1.98. The molecular formula is C14H15ClN4. The quantitative estimate of drug-likeness (QED) is 0.853. The molecule has 0 aliphatic heterocycles. The third kappa shape index (κ3) is 3.14. The second-order valence-electron chi connectivity index (χ2n) is 4.18. The predicted octanol–water partition coefficient (Wildman–Crippen LogP) is 2.90. The van der Waals surface area contributed by atoms with Gasteiger partial charge in [0.25, 0.3) is 0 Å². The van der Waals surface area contributed by atoms with Gasteiger partial charge in [0.1, 0.15) is 6.07 Å². The Balaban J connectivity index is 2.38. The van der Waals surface area contributed by atoms with Crippen LogP contribution in [0.25, 0.3) is 5.69 Å². The van der Waals surface area contributed by atoms with Crippen LogP contribution in [0.2, 0.25) is 5.02 Å². The molecule has 98 valence electrons. The molecular weight excluding hydrogens is 260 g/mol. The van der Waals surface area contributed by atoms with Crippen LogP contribution >= 0.6 is 11.6 Å². The molecule has 0 bridgehead atoms. The first kappa shape index (κ1) is 13.6. The van der Waals surface area contributed by atoms with Crippen LogP contribution in [0.1, 0.15) is 24.7 Å². The van der Waals surface area contributed by atoms with Gasteiger partial charge >= 0.3 is 0 Å². The van der Waals surface area contributed by atoms with Crippen molar-refractivity contribution in [3.8, 4) is 11.8 Å². The van der Waals surface area contributed by atoms with Gasteiger partial charge in [-0.25, -0.2) is 4.98 Å². The highest BCUT2D eigenvalue weighted by Gasteiger charge is 2.09. The highest BCUT2D eigenvalue weighted by atomic mass is 35.5. The number of hydrogen-bond acceptors (Lipinski definition) is 3. The zero-order chi connectivity index (χ0) is 13.7. The van der Waals surface area contributed by atoms with Gasteiger partial charge in [-0.2, -0.15) is 5.26 Å². The number of imidazole rings is 1. The Bertz CT molecular complexity index is 598. The first-order valence-electron chi connectivity index (χ1n) is 6.19. The molecule has 0 unspecified atom stereocenters. The van der Waals surface area contributed by atoms with Crippen LogP contribution in [0.5, 0.6) is 0 Å². The standard InChI is InChI=1S/C14H15ClN4/c1-2-5-17-10-11-3-4-12(15)8-13(11)19-7-6-18-14(19)9-16/h3-4,6-8,17H,2,5,10H2,1H3. The Labute approximate surface area is 117 Å². The molecule has 0 aliphatic carbocycles. The number of nitriles is 1. The van der Waals surface area contributed by atoms with E-state index < -0.39 is 0 Å². The zero-order valence-electron chi connectivity index (χ0n) is 10.7. The maximum atomic E-state index is 9.06. The van der Waals surface area contributed by atoms with E-state index in [4.69, 9.17) is 16.9 Å². The SMILES string of the molecule is CCCNCc1ccc(Cl)cc1-n1ccnc1C#N. The third-order valence-electron chi connectivity index (χ3n) is 2.79. The van der Waals surface area contributed by atoms with Crippen LogP contribution in [-0.2, 0) is 6.54 Å². The van der Waals surface area contributed by atoms with E-state index in [1.54, 1.807) is 17.0 Å². The summed E-state index contributed by atoms with van der Waals surface area (Å²) in [5, 5.41) is 13.1. The Hall–Kier alpha value is -1.83. The summed E-state index contributed by atoms with van der Waals surface area (Å²) in [6, 6.07) is 7.76. The van der Waals surface area contributed by atoms with Crippen LogP contribution in [0.15, 0.2) is 30.6 Å². The molecule has 0 radical (unpaired) electrons. The first-order chi connectivity index (χ1) is 9.26. The molecule has 0 saturated heterocycles. The molecule has 2 aromatic rings.